The van der Waals surface area contributed by atoms with Gasteiger partial charge in [-0.1, -0.05) is 29.8 Å². The van der Waals surface area contributed by atoms with E-state index in [1.165, 1.54) is 6.20 Å². The number of hydrogen-bond acceptors (Lipinski definition) is 5. The molecule has 1 heterocycles. The summed E-state index contributed by atoms with van der Waals surface area (Å²) in [6.45, 7) is 2.01. The minimum atomic E-state index is -0.582. The van der Waals surface area contributed by atoms with E-state index >= 15 is 0 Å². The van der Waals surface area contributed by atoms with Gasteiger partial charge in [-0.15, -0.1) is 0 Å². The second-order valence-corrected chi connectivity index (χ2v) is 6.90. The van der Waals surface area contributed by atoms with Crippen molar-refractivity contribution in [1.29, 1.82) is 0 Å². The molecule has 0 spiro atoms. The summed E-state index contributed by atoms with van der Waals surface area (Å²) in [6, 6.07) is 13.8. The first-order chi connectivity index (χ1) is 14.5. The Hall–Kier alpha value is -3.32. The van der Waals surface area contributed by atoms with Crippen LogP contribution in [0.1, 0.15) is 35.3 Å². The van der Waals surface area contributed by atoms with Crippen LogP contribution in [0.4, 0.5) is 0 Å². The van der Waals surface area contributed by atoms with Gasteiger partial charge in [-0.05, 0) is 42.8 Å². The molecule has 1 atom stereocenters. The molecule has 1 aromatic heterocycles. The second-order valence-electron chi connectivity index (χ2n) is 6.47. The normalized spacial score (nSPS) is 11.6. The number of carbonyl (C=O) groups is 2. The first kappa shape index (κ1) is 21.4. The third-order valence-electron chi connectivity index (χ3n) is 4.40. The number of benzene rings is 2. The molecule has 0 aliphatic heterocycles. The van der Waals surface area contributed by atoms with Crippen LogP contribution in [0.25, 0.3) is 5.69 Å². The molecular formula is C22H22ClN3O4. The van der Waals surface area contributed by atoms with Gasteiger partial charge in [0.15, 0.2) is 0 Å². The van der Waals surface area contributed by atoms with Crippen LogP contribution in [0.2, 0.25) is 5.02 Å². The number of halogens is 1. The van der Waals surface area contributed by atoms with Gasteiger partial charge >= 0.3 is 5.97 Å². The van der Waals surface area contributed by atoms with Gasteiger partial charge in [0.1, 0.15) is 5.75 Å². The molecule has 0 saturated carbocycles. The lowest BCUT2D eigenvalue weighted by molar-refractivity contribution is -0.143. The van der Waals surface area contributed by atoms with Crippen molar-refractivity contribution in [2.75, 3.05) is 13.7 Å². The van der Waals surface area contributed by atoms with Gasteiger partial charge in [-0.2, -0.15) is 5.10 Å². The Bertz CT molecular complexity index is 1030. The maximum atomic E-state index is 12.9. The highest BCUT2D eigenvalue weighted by molar-refractivity contribution is 6.30. The molecule has 0 radical (unpaired) electrons. The molecule has 8 heteroatoms. The Morgan fingerprint density at radius 3 is 2.73 bits per heavy atom. The Labute approximate surface area is 179 Å². The van der Waals surface area contributed by atoms with E-state index in [2.05, 4.69) is 10.4 Å². The minimum absolute atomic E-state index is 0.00478. The van der Waals surface area contributed by atoms with Gasteiger partial charge < -0.3 is 14.8 Å². The fraction of sp³-hybridized carbons (Fsp3) is 0.227. The predicted octanol–water partition coefficient (Wildman–Crippen LogP) is 3.96. The fourth-order valence-corrected chi connectivity index (χ4v) is 3.12. The maximum absolute atomic E-state index is 12.9. The predicted molar refractivity (Wildman–Crippen MR) is 113 cm³/mol. The fourth-order valence-electron chi connectivity index (χ4n) is 2.94. The summed E-state index contributed by atoms with van der Waals surface area (Å²) in [7, 11) is 1.56. The zero-order valence-corrected chi connectivity index (χ0v) is 17.4. The van der Waals surface area contributed by atoms with E-state index in [-0.39, 0.29) is 18.9 Å². The molecule has 3 rings (SSSR count). The standard InChI is InChI=1S/C22H22ClN3O4/c1-3-30-21(27)12-20(15-6-4-9-19(10-15)29-2)25-22(28)16-13-24-26(14-16)18-8-5-7-17(23)11-18/h4-11,13-14,20H,3,12H2,1-2H3,(H,25,28). The SMILES string of the molecule is CCOC(=O)CC(NC(=O)c1cnn(-c2cccc(Cl)c2)c1)c1cccc(OC)c1. The van der Waals surface area contributed by atoms with E-state index in [1.807, 2.05) is 12.1 Å². The maximum Gasteiger partial charge on any atom is 0.308 e. The quantitative estimate of drug-likeness (QED) is 0.550. The number of amides is 1. The summed E-state index contributed by atoms with van der Waals surface area (Å²) >= 11 is 6.03. The molecule has 0 aliphatic carbocycles. The number of carbonyl (C=O) groups excluding carboxylic acids is 2. The van der Waals surface area contributed by atoms with Crippen molar-refractivity contribution < 1.29 is 19.1 Å². The molecule has 0 bridgehead atoms. The van der Waals surface area contributed by atoms with Crippen molar-refractivity contribution in [3.8, 4) is 11.4 Å². The first-order valence-electron chi connectivity index (χ1n) is 9.41. The zero-order valence-electron chi connectivity index (χ0n) is 16.7. The van der Waals surface area contributed by atoms with Crippen LogP contribution in [0.15, 0.2) is 60.9 Å². The zero-order chi connectivity index (χ0) is 21.5. The first-order valence-corrected chi connectivity index (χ1v) is 9.79. The Morgan fingerprint density at radius 2 is 2.00 bits per heavy atom. The van der Waals surface area contributed by atoms with E-state index in [1.54, 1.807) is 61.3 Å². The van der Waals surface area contributed by atoms with Crippen LogP contribution in [-0.2, 0) is 9.53 Å². The largest absolute Gasteiger partial charge is 0.497 e. The molecule has 30 heavy (non-hydrogen) atoms. The van der Waals surface area contributed by atoms with Crippen LogP contribution < -0.4 is 10.1 Å². The number of rotatable bonds is 8. The third-order valence-corrected chi connectivity index (χ3v) is 4.63. The lowest BCUT2D eigenvalue weighted by Gasteiger charge is -2.19. The van der Waals surface area contributed by atoms with Crippen molar-refractivity contribution in [2.24, 2.45) is 0 Å². The van der Waals surface area contributed by atoms with E-state index < -0.39 is 12.0 Å². The van der Waals surface area contributed by atoms with E-state index in [4.69, 9.17) is 21.1 Å². The molecule has 0 fully saturated rings. The van der Waals surface area contributed by atoms with Gasteiger partial charge in [0.25, 0.3) is 5.91 Å². The number of hydrogen-bond donors (Lipinski definition) is 1. The van der Waals surface area contributed by atoms with Crippen molar-refractivity contribution in [3.05, 3.63) is 77.1 Å². The third kappa shape index (κ3) is 5.39. The molecule has 3 aromatic rings. The van der Waals surface area contributed by atoms with Gasteiger partial charge in [-0.25, -0.2) is 4.68 Å². The highest BCUT2D eigenvalue weighted by Crippen LogP contribution is 2.23. The number of nitrogens with zero attached hydrogens (tertiary/aromatic N) is 2. The molecule has 2 aromatic carbocycles. The second kappa shape index (κ2) is 9.93. The van der Waals surface area contributed by atoms with Crippen molar-refractivity contribution in [1.82, 2.24) is 15.1 Å². The minimum Gasteiger partial charge on any atom is -0.497 e. The topological polar surface area (TPSA) is 82.5 Å². The monoisotopic (exact) mass is 427 g/mol. The summed E-state index contributed by atoms with van der Waals surface area (Å²) in [5.74, 6) is -0.134. The lowest BCUT2D eigenvalue weighted by Crippen LogP contribution is -2.30. The van der Waals surface area contributed by atoms with Gasteiger partial charge in [0.2, 0.25) is 0 Å². The Morgan fingerprint density at radius 1 is 1.20 bits per heavy atom. The van der Waals surface area contributed by atoms with Crippen LogP contribution in [0.5, 0.6) is 5.75 Å². The van der Waals surface area contributed by atoms with Crippen molar-refractivity contribution in [2.45, 2.75) is 19.4 Å². The van der Waals surface area contributed by atoms with E-state index in [0.717, 1.165) is 11.3 Å². The average molecular weight is 428 g/mol. The smallest absolute Gasteiger partial charge is 0.308 e. The summed E-state index contributed by atoms with van der Waals surface area (Å²) in [5.41, 5.74) is 1.82. The van der Waals surface area contributed by atoms with E-state index in [0.29, 0.717) is 16.3 Å². The number of ether oxygens (including phenoxy) is 2. The molecule has 0 aliphatic rings. The van der Waals surface area contributed by atoms with Gasteiger partial charge in [0.05, 0.1) is 43.6 Å². The number of methoxy groups -OCH3 is 1. The molecule has 156 valence electrons. The molecule has 7 nitrogen and oxygen atoms in total. The molecule has 1 N–H and O–H groups in total. The van der Waals surface area contributed by atoms with Gasteiger partial charge in [-0.3, -0.25) is 9.59 Å². The molecule has 1 unspecified atom stereocenters. The number of nitrogens with one attached hydrogen (secondary N) is 1. The van der Waals surface area contributed by atoms with Crippen LogP contribution in [0, 0.1) is 0 Å². The van der Waals surface area contributed by atoms with Crippen LogP contribution in [0.3, 0.4) is 0 Å². The Balaban J connectivity index is 1.81. The molecule has 0 saturated heterocycles. The Kier molecular flexibility index (Phi) is 7.08. The van der Waals surface area contributed by atoms with Gasteiger partial charge in [0, 0.05) is 11.2 Å². The highest BCUT2D eigenvalue weighted by atomic mass is 35.5. The summed E-state index contributed by atoms with van der Waals surface area (Å²) in [4.78, 5) is 24.9. The molecule has 1 amide bonds. The van der Waals surface area contributed by atoms with Crippen molar-refractivity contribution in [3.63, 3.8) is 0 Å². The number of aromatic nitrogens is 2. The average Bonchev–Trinajstić information content (AvgIpc) is 3.24. The summed E-state index contributed by atoms with van der Waals surface area (Å²) in [5, 5.41) is 7.69. The van der Waals surface area contributed by atoms with Crippen LogP contribution >= 0.6 is 11.6 Å². The van der Waals surface area contributed by atoms with Crippen molar-refractivity contribution >= 4 is 23.5 Å². The van der Waals surface area contributed by atoms with E-state index in [9.17, 15) is 9.59 Å². The molecular weight excluding hydrogens is 406 g/mol. The lowest BCUT2D eigenvalue weighted by atomic mass is 10.0. The number of esters is 1. The van der Waals surface area contributed by atoms with Crippen LogP contribution in [-0.4, -0.2) is 35.4 Å². The summed E-state index contributed by atoms with van der Waals surface area (Å²) < 4.78 is 11.9. The summed E-state index contributed by atoms with van der Waals surface area (Å²) in [6.07, 6.45) is 3.06. The highest BCUT2D eigenvalue weighted by Gasteiger charge is 2.21.